The molecule has 5 heteroatoms. The van der Waals surface area contributed by atoms with Crippen molar-refractivity contribution in [3.05, 3.63) is 11.3 Å². The molecule has 0 atom stereocenters. The fraction of sp³-hybridized carbons (Fsp3) is 0.714. The van der Waals surface area contributed by atoms with Gasteiger partial charge in [-0.25, -0.2) is 4.79 Å². The predicted molar refractivity (Wildman–Crippen MR) is 77.9 cm³/mol. The van der Waals surface area contributed by atoms with Crippen molar-refractivity contribution in [2.45, 2.75) is 46.0 Å². The van der Waals surface area contributed by atoms with Gasteiger partial charge in [-0.2, -0.15) is 4.37 Å². The number of anilines is 1. The van der Waals surface area contributed by atoms with E-state index in [1.807, 2.05) is 13.8 Å². The lowest BCUT2D eigenvalue weighted by atomic mass is 9.89. The molecule has 0 unspecified atom stereocenters. The van der Waals surface area contributed by atoms with Gasteiger partial charge in [0.2, 0.25) is 0 Å². The summed E-state index contributed by atoms with van der Waals surface area (Å²) in [5.74, 6) is 0.464. The Morgan fingerprint density at radius 2 is 2.16 bits per heavy atom. The van der Waals surface area contributed by atoms with Crippen LogP contribution in [0.4, 0.5) is 5.00 Å². The number of nitrogens with one attached hydrogen (secondary N) is 1. The average Bonchev–Trinajstić information content (AvgIpc) is 2.79. The van der Waals surface area contributed by atoms with Crippen LogP contribution in [0.5, 0.6) is 0 Å². The average molecular weight is 282 g/mol. The number of carbonyl (C=O) groups excluding carboxylic acids is 1. The van der Waals surface area contributed by atoms with Gasteiger partial charge >= 0.3 is 5.97 Å². The van der Waals surface area contributed by atoms with E-state index >= 15 is 0 Å². The molecule has 0 aliphatic heterocycles. The highest BCUT2D eigenvalue weighted by Crippen LogP contribution is 2.28. The summed E-state index contributed by atoms with van der Waals surface area (Å²) in [7, 11) is 0. The molecule has 1 aromatic heterocycles. The maximum absolute atomic E-state index is 11.9. The van der Waals surface area contributed by atoms with Crippen molar-refractivity contribution < 1.29 is 9.53 Å². The first-order chi connectivity index (χ1) is 9.22. The monoisotopic (exact) mass is 282 g/mol. The van der Waals surface area contributed by atoms with E-state index < -0.39 is 0 Å². The van der Waals surface area contributed by atoms with Crippen molar-refractivity contribution in [1.29, 1.82) is 0 Å². The lowest BCUT2D eigenvalue weighted by molar-refractivity contribution is 0.0527. The number of nitrogens with zero attached hydrogens (tertiary/aromatic N) is 1. The minimum absolute atomic E-state index is 0.264. The van der Waals surface area contributed by atoms with Crippen molar-refractivity contribution >= 4 is 22.5 Å². The standard InChI is InChI=1S/C14H22N2O2S/c1-3-18-14(17)12-10(2)16-19-13(12)15-9-11-7-5-4-6-8-11/h11,15H,3-9H2,1-2H3. The zero-order valence-corrected chi connectivity index (χ0v) is 12.5. The van der Waals surface area contributed by atoms with Crippen molar-refractivity contribution in [2.24, 2.45) is 5.92 Å². The summed E-state index contributed by atoms with van der Waals surface area (Å²) >= 11 is 1.36. The van der Waals surface area contributed by atoms with E-state index in [0.717, 1.165) is 23.2 Å². The second-order valence-electron chi connectivity index (χ2n) is 5.08. The number of carbonyl (C=O) groups is 1. The first-order valence-corrected chi connectivity index (χ1v) is 7.87. The van der Waals surface area contributed by atoms with Crippen LogP contribution in [0.3, 0.4) is 0 Å². The number of aryl methyl sites for hydroxylation is 1. The molecule has 1 aromatic rings. The van der Waals surface area contributed by atoms with Crippen LogP contribution in [0.15, 0.2) is 0 Å². The molecule has 1 fully saturated rings. The number of ether oxygens (including phenoxy) is 1. The van der Waals surface area contributed by atoms with Gasteiger partial charge in [0.25, 0.3) is 0 Å². The van der Waals surface area contributed by atoms with Crippen LogP contribution in [-0.2, 0) is 4.74 Å². The predicted octanol–water partition coefficient (Wildman–Crippen LogP) is 3.62. The molecule has 1 aliphatic rings. The van der Waals surface area contributed by atoms with Crippen LogP contribution in [0.1, 0.15) is 55.1 Å². The van der Waals surface area contributed by atoms with Gasteiger partial charge in [-0.1, -0.05) is 19.3 Å². The van der Waals surface area contributed by atoms with Gasteiger partial charge in [0.15, 0.2) is 0 Å². The van der Waals surface area contributed by atoms with E-state index in [2.05, 4.69) is 9.69 Å². The summed E-state index contributed by atoms with van der Waals surface area (Å²) in [5.41, 5.74) is 1.37. The lowest BCUT2D eigenvalue weighted by Gasteiger charge is -2.21. The Kier molecular flexibility index (Phi) is 5.19. The zero-order valence-electron chi connectivity index (χ0n) is 11.7. The van der Waals surface area contributed by atoms with Crippen LogP contribution in [-0.4, -0.2) is 23.5 Å². The van der Waals surface area contributed by atoms with Gasteiger partial charge in [-0.15, -0.1) is 0 Å². The fourth-order valence-corrected chi connectivity index (χ4v) is 3.35. The van der Waals surface area contributed by atoms with Crippen molar-refractivity contribution in [2.75, 3.05) is 18.5 Å². The topological polar surface area (TPSA) is 51.2 Å². The van der Waals surface area contributed by atoms with Crippen LogP contribution in [0.2, 0.25) is 0 Å². The van der Waals surface area contributed by atoms with Gasteiger partial charge < -0.3 is 10.1 Å². The minimum Gasteiger partial charge on any atom is -0.462 e. The third-order valence-corrected chi connectivity index (χ3v) is 4.51. The summed E-state index contributed by atoms with van der Waals surface area (Å²) in [4.78, 5) is 11.9. The number of rotatable bonds is 5. The molecular formula is C14H22N2O2S. The Bertz CT molecular complexity index is 425. The Morgan fingerprint density at radius 3 is 2.84 bits per heavy atom. The largest absolute Gasteiger partial charge is 0.462 e. The van der Waals surface area contributed by atoms with Gasteiger partial charge in [0, 0.05) is 6.54 Å². The lowest BCUT2D eigenvalue weighted by Crippen LogP contribution is -2.18. The molecule has 1 heterocycles. The molecule has 0 saturated heterocycles. The smallest absolute Gasteiger partial charge is 0.343 e. The van der Waals surface area contributed by atoms with Crippen molar-refractivity contribution in [3.8, 4) is 0 Å². The van der Waals surface area contributed by atoms with Crippen LogP contribution in [0.25, 0.3) is 0 Å². The van der Waals surface area contributed by atoms with Gasteiger partial charge in [-0.05, 0) is 44.1 Å². The third-order valence-electron chi connectivity index (χ3n) is 3.62. The molecule has 1 saturated carbocycles. The number of hydrogen-bond acceptors (Lipinski definition) is 5. The van der Waals surface area contributed by atoms with E-state index in [9.17, 15) is 4.79 Å². The molecule has 19 heavy (non-hydrogen) atoms. The zero-order chi connectivity index (χ0) is 13.7. The van der Waals surface area contributed by atoms with E-state index in [4.69, 9.17) is 4.74 Å². The molecule has 1 N–H and O–H groups in total. The Labute approximate surface area is 118 Å². The maximum atomic E-state index is 11.9. The van der Waals surface area contributed by atoms with Crippen LogP contribution < -0.4 is 5.32 Å². The van der Waals surface area contributed by atoms with E-state index in [0.29, 0.717) is 12.2 Å². The van der Waals surface area contributed by atoms with Crippen molar-refractivity contribution in [3.63, 3.8) is 0 Å². The SMILES string of the molecule is CCOC(=O)c1c(C)nsc1NCC1CCCCC1. The Balaban J connectivity index is 1.97. The molecule has 4 nitrogen and oxygen atoms in total. The molecule has 0 spiro atoms. The molecule has 2 rings (SSSR count). The fourth-order valence-electron chi connectivity index (χ4n) is 2.56. The second-order valence-corrected chi connectivity index (χ2v) is 5.85. The Morgan fingerprint density at radius 1 is 1.42 bits per heavy atom. The summed E-state index contributed by atoms with van der Waals surface area (Å²) in [6.45, 7) is 5.01. The van der Waals surface area contributed by atoms with E-state index in [1.165, 1.54) is 43.6 Å². The molecule has 0 bridgehead atoms. The highest BCUT2D eigenvalue weighted by molar-refractivity contribution is 7.10. The molecule has 106 valence electrons. The highest BCUT2D eigenvalue weighted by atomic mass is 32.1. The number of esters is 1. The van der Waals surface area contributed by atoms with Crippen LogP contribution in [0, 0.1) is 12.8 Å². The summed E-state index contributed by atoms with van der Waals surface area (Å²) in [5, 5.41) is 4.26. The van der Waals surface area contributed by atoms with Gasteiger partial charge in [0.1, 0.15) is 10.6 Å². The maximum Gasteiger partial charge on any atom is 0.343 e. The van der Waals surface area contributed by atoms with Crippen LogP contribution >= 0.6 is 11.5 Å². The third kappa shape index (κ3) is 3.69. The molecule has 0 radical (unpaired) electrons. The van der Waals surface area contributed by atoms with Gasteiger partial charge in [-0.3, -0.25) is 0 Å². The van der Waals surface area contributed by atoms with E-state index in [-0.39, 0.29) is 5.97 Å². The highest BCUT2D eigenvalue weighted by Gasteiger charge is 2.20. The number of hydrogen-bond donors (Lipinski definition) is 1. The summed E-state index contributed by atoms with van der Waals surface area (Å²) in [6.07, 6.45) is 6.61. The quantitative estimate of drug-likeness (QED) is 0.838. The van der Waals surface area contributed by atoms with Crippen molar-refractivity contribution in [1.82, 2.24) is 4.37 Å². The molecule has 1 aliphatic carbocycles. The molecule has 0 aromatic carbocycles. The first kappa shape index (κ1) is 14.3. The summed E-state index contributed by atoms with van der Waals surface area (Å²) in [6, 6.07) is 0. The van der Waals surface area contributed by atoms with E-state index in [1.54, 1.807) is 0 Å². The molecular weight excluding hydrogens is 260 g/mol. The number of aromatic nitrogens is 1. The molecule has 0 amide bonds. The van der Waals surface area contributed by atoms with Gasteiger partial charge in [0.05, 0.1) is 12.3 Å². The Hall–Kier alpha value is -1.10. The first-order valence-electron chi connectivity index (χ1n) is 7.09. The normalized spacial score (nSPS) is 16.3. The minimum atomic E-state index is -0.264. The second kappa shape index (κ2) is 6.89. The summed E-state index contributed by atoms with van der Waals surface area (Å²) < 4.78 is 9.35.